The first-order valence-corrected chi connectivity index (χ1v) is 8.27. The third kappa shape index (κ3) is 3.82. The van der Waals surface area contributed by atoms with E-state index in [4.69, 9.17) is 11.6 Å². The van der Waals surface area contributed by atoms with Gasteiger partial charge in [-0.15, -0.1) is 11.3 Å². The number of nitrogens with zero attached hydrogens (tertiary/aromatic N) is 1. The van der Waals surface area contributed by atoms with E-state index in [0.717, 1.165) is 17.1 Å². The molecular weight excluding hydrogens is 307 g/mol. The molecule has 5 heteroatoms. The Kier molecular flexibility index (Phi) is 5.36. The average molecular weight is 327 g/mol. The zero-order chi connectivity index (χ0) is 15.6. The minimum atomic E-state index is -0.397. The van der Waals surface area contributed by atoms with Crippen LogP contribution in [0.25, 0.3) is 10.6 Å². The van der Waals surface area contributed by atoms with Crippen molar-refractivity contribution in [2.75, 3.05) is 0 Å². The Morgan fingerprint density at radius 3 is 2.62 bits per heavy atom. The molecule has 0 spiro atoms. The van der Waals surface area contributed by atoms with E-state index in [0.29, 0.717) is 22.5 Å². The monoisotopic (exact) mass is 326 g/mol. The average Bonchev–Trinajstić information content (AvgIpc) is 2.83. The van der Waals surface area contributed by atoms with Crippen LogP contribution in [0.4, 0.5) is 4.39 Å². The Hall–Kier alpha value is -0.970. The molecule has 0 amide bonds. The van der Waals surface area contributed by atoms with Gasteiger partial charge in [0.15, 0.2) is 5.82 Å². The second-order valence-corrected chi connectivity index (χ2v) is 7.11. The van der Waals surface area contributed by atoms with Crippen LogP contribution >= 0.6 is 22.9 Å². The topological polar surface area (TPSA) is 24.9 Å². The summed E-state index contributed by atoms with van der Waals surface area (Å²) in [5, 5.41) is 4.23. The molecule has 2 aromatic rings. The van der Waals surface area contributed by atoms with Crippen LogP contribution in [0.3, 0.4) is 0 Å². The van der Waals surface area contributed by atoms with Gasteiger partial charge in [-0.05, 0) is 18.1 Å². The molecule has 0 aliphatic rings. The second kappa shape index (κ2) is 6.86. The van der Waals surface area contributed by atoms with E-state index < -0.39 is 5.82 Å². The summed E-state index contributed by atoms with van der Waals surface area (Å²) in [7, 11) is 0. The number of benzene rings is 1. The predicted octanol–water partition coefficient (Wildman–Crippen LogP) is 5.22. The van der Waals surface area contributed by atoms with Crippen LogP contribution in [0.5, 0.6) is 0 Å². The van der Waals surface area contributed by atoms with Crippen LogP contribution in [0.1, 0.15) is 44.2 Å². The van der Waals surface area contributed by atoms with Crippen molar-refractivity contribution >= 4 is 22.9 Å². The number of thiazole rings is 1. The van der Waals surface area contributed by atoms with Crippen molar-refractivity contribution < 1.29 is 4.39 Å². The van der Waals surface area contributed by atoms with Gasteiger partial charge in [-0.2, -0.15) is 0 Å². The van der Waals surface area contributed by atoms with Crippen LogP contribution in [-0.4, -0.2) is 11.0 Å². The second-order valence-electron chi connectivity index (χ2n) is 5.62. The summed E-state index contributed by atoms with van der Waals surface area (Å²) in [5.74, 6) is -0.0900. The van der Waals surface area contributed by atoms with Gasteiger partial charge in [0.05, 0.1) is 10.7 Å². The Bertz CT molecular complexity index is 623. The van der Waals surface area contributed by atoms with E-state index in [-0.39, 0.29) is 5.02 Å². The quantitative estimate of drug-likeness (QED) is 0.814. The number of hydrogen-bond donors (Lipinski definition) is 1. The largest absolute Gasteiger partial charge is 0.310 e. The Labute approximate surface area is 134 Å². The molecule has 0 saturated carbocycles. The van der Waals surface area contributed by atoms with Crippen molar-refractivity contribution in [2.24, 2.45) is 0 Å². The van der Waals surface area contributed by atoms with Crippen molar-refractivity contribution in [3.63, 3.8) is 0 Å². The van der Waals surface area contributed by atoms with Crippen LogP contribution in [0.2, 0.25) is 5.02 Å². The first-order chi connectivity index (χ1) is 9.90. The number of nitrogens with one attached hydrogen (secondary N) is 1. The Morgan fingerprint density at radius 2 is 2.00 bits per heavy atom. The summed E-state index contributed by atoms with van der Waals surface area (Å²) in [6.07, 6.45) is 0. The summed E-state index contributed by atoms with van der Waals surface area (Å²) in [4.78, 5) is 5.80. The Balaban J connectivity index is 2.41. The molecule has 1 heterocycles. The number of halogens is 2. The van der Waals surface area contributed by atoms with Crippen molar-refractivity contribution in [3.8, 4) is 10.6 Å². The molecule has 0 bridgehead atoms. The molecule has 0 fully saturated rings. The maximum absolute atomic E-state index is 14.2. The van der Waals surface area contributed by atoms with E-state index >= 15 is 0 Å². The fourth-order valence-electron chi connectivity index (χ4n) is 2.02. The zero-order valence-electron chi connectivity index (χ0n) is 12.7. The summed E-state index contributed by atoms with van der Waals surface area (Å²) >= 11 is 7.40. The minimum Gasteiger partial charge on any atom is -0.310 e. The molecular formula is C16H20ClFN2S. The molecule has 0 unspecified atom stereocenters. The summed E-state index contributed by atoms with van der Waals surface area (Å²) in [5.41, 5.74) is 1.51. The van der Waals surface area contributed by atoms with Gasteiger partial charge in [-0.3, -0.25) is 0 Å². The smallest absolute Gasteiger partial charge is 0.152 e. The van der Waals surface area contributed by atoms with Gasteiger partial charge < -0.3 is 5.32 Å². The number of hydrogen-bond acceptors (Lipinski definition) is 3. The van der Waals surface area contributed by atoms with Gasteiger partial charge in [0.1, 0.15) is 5.01 Å². The third-order valence-electron chi connectivity index (χ3n) is 3.13. The van der Waals surface area contributed by atoms with Gasteiger partial charge in [-0.25, -0.2) is 9.37 Å². The van der Waals surface area contributed by atoms with E-state index in [9.17, 15) is 4.39 Å². The van der Waals surface area contributed by atoms with Gasteiger partial charge in [0, 0.05) is 23.0 Å². The highest BCUT2D eigenvalue weighted by molar-refractivity contribution is 7.15. The normalized spacial score (nSPS) is 11.6. The molecule has 0 aliphatic carbocycles. The third-order valence-corrected chi connectivity index (χ3v) is 4.52. The highest BCUT2D eigenvalue weighted by Gasteiger charge is 2.18. The molecule has 0 atom stereocenters. The van der Waals surface area contributed by atoms with Gasteiger partial charge in [0.25, 0.3) is 0 Å². The zero-order valence-corrected chi connectivity index (χ0v) is 14.3. The van der Waals surface area contributed by atoms with Gasteiger partial charge in [0.2, 0.25) is 0 Å². The molecule has 114 valence electrons. The minimum absolute atomic E-state index is 0.135. The molecule has 0 aliphatic heterocycles. The van der Waals surface area contributed by atoms with Crippen molar-refractivity contribution in [3.05, 3.63) is 39.6 Å². The Morgan fingerprint density at radius 1 is 1.29 bits per heavy atom. The van der Waals surface area contributed by atoms with Crippen LogP contribution in [-0.2, 0) is 6.54 Å². The number of aromatic nitrogens is 1. The van der Waals surface area contributed by atoms with Gasteiger partial charge in [-0.1, -0.05) is 45.4 Å². The van der Waals surface area contributed by atoms with E-state index in [2.05, 4.69) is 38.0 Å². The van der Waals surface area contributed by atoms with Crippen LogP contribution < -0.4 is 5.32 Å². The molecule has 0 saturated heterocycles. The summed E-state index contributed by atoms with van der Waals surface area (Å²) in [6, 6.07) is 5.43. The summed E-state index contributed by atoms with van der Waals surface area (Å²) < 4.78 is 14.2. The molecule has 1 aromatic carbocycles. The number of rotatable bonds is 5. The lowest BCUT2D eigenvalue weighted by molar-refractivity contribution is 0.588. The van der Waals surface area contributed by atoms with Crippen LogP contribution in [0, 0.1) is 5.82 Å². The highest BCUT2D eigenvalue weighted by Crippen LogP contribution is 2.34. The maximum atomic E-state index is 14.2. The first kappa shape index (κ1) is 16.4. The molecule has 1 aromatic heterocycles. The lowest BCUT2D eigenvalue weighted by Gasteiger charge is -2.09. The molecule has 0 radical (unpaired) electrons. The van der Waals surface area contributed by atoms with Crippen LogP contribution in [0.15, 0.2) is 18.2 Å². The maximum Gasteiger partial charge on any atom is 0.152 e. The highest BCUT2D eigenvalue weighted by atomic mass is 35.5. The summed E-state index contributed by atoms with van der Waals surface area (Å²) in [6.45, 7) is 9.17. The van der Waals surface area contributed by atoms with Crippen molar-refractivity contribution in [1.29, 1.82) is 0 Å². The lowest BCUT2D eigenvalue weighted by Crippen LogP contribution is -2.22. The predicted molar refractivity (Wildman–Crippen MR) is 88.6 cm³/mol. The van der Waals surface area contributed by atoms with Crippen molar-refractivity contribution in [1.82, 2.24) is 10.3 Å². The SMILES string of the molecule is CC(C)NCc1sc(-c2cccc(Cl)c2F)nc1C(C)C. The van der Waals surface area contributed by atoms with E-state index in [1.807, 2.05) is 0 Å². The first-order valence-electron chi connectivity index (χ1n) is 7.07. The molecule has 2 nitrogen and oxygen atoms in total. The van der Waals surface area contributed by atoms with E-state index in [1.54, 1.807) is 18.2 Å². The standard InChI is InChI=1S/C16H20ClFN2S/c1-9(2)15-13(8-19-10(3)4)21-16(20-15)11-6-5-7-12(17)14(11)18/h5-7,9-10,19H,8H2,1-4H3. The lowest BCUT2D eigenvalue weighted by atomic mass is 10.1. The van der Waals surface area contributed by atoms with Crippen molar-refractivity contribution in [2.45, 2.75) is 46.2 Å². The van der Waals surface area contributed by atoms with Gasteiger partial charge >= 0.3 is 0 Å². The molecule has 1 N–H and O–H groups in total. The fourth-order valence-corrected chi connectivity index (χ4v) is 3.38. The fraction of sp³-hybridized carbons (Fsp3) is 0.438. The molecule has 2 rings (SSSR count). The van der Waals surface area contributed by atoms with E-state index in [1.165, 1.54) is 11.3 Å². The molecule has 21 heavy (non-hydrogen) atoms.